The van der Waals surface area contributed by atoms with Gasteiger partial charge in [-0.3, -0.25) is 0 Å². The van der Waals surface area contributed by atoms with Gasteiger partial charge in [-0.05, 0) is 0 Å². The van der Waals surface area contributed by atoms with E-state index in [2.05, 4.69) is 26.2 Å². The first-order chi connectivity index (χ1) is 2.94. The summed E-state index contributed by atoms with van der Waals surface area (Å²) < 4.78 is 0. The lowest BCUT2D eigenvalue weighted by Gasteiger charge is -2.14. The van der Waals surface area contributed by atoms with Crippen molar-refractivity contribution in [2.45, 2.75) is 26.2 Å². The molecule has 0 nitrogen and oxygen atoms in total. The molecule has 0 rings (SSSR count). The highest BCUT2D eigenvalue weighted by Crippen LogP contribution is 2.10. The van der Waals surface area contributed by atoms with Gasteiger partial charge in [-0.1, -0.05) is 26.2 Å². The molecule has 0 fully saturated rings. The summed E-state index contributed by atoms with van der Waals surface area (Å²) in [5.74, 6) is 0. The van der Waals surface area contributed by atoms with Crippen molar-refractivity contribution in [2.24, 2.45) is 0 Å². The van der Waals surface area contributed by atoms with Crippen LogP contribution >= 0.6 is 11.1 Å². The predicted molar refractivity (Wildman–Crippen MR) is 40.8 cm³/mol. The molecule has 3 heteroatoms. The first-order valence-electron chi connectivity index (χ1n) is 2.44. The summed E-state index contributed by atoms with van der Waals surface area (Å²) in [6.45, 7) is 7.83. The van der Waals surface area contributed by atoms with E-state index in [4.69, 9.17) is 11.1 Å². The fourth-order valence-electron chi connectivity index (χ4n) is 0. The molecule has 0 spiro atoms. The Bertz CT molecular complexity index is 55.2. The minimum Gasteiger partial charge on any atom is -0.171 e. The second kappa shape index (κ2) is 2.33. The van der Waals surface area contributed by atoms with Crippen LogP contribution in [0.5, 0.6) is 0 Å². The molecule has 0 heterocycles. The average molecular weight is 152 g/mol. The summed E-state index contributed by atoms with van der Waals surface area (Å²) in [4.78, 5) is 0. The van der Waals surface area contributed by atoms with Crippen molar-refractivity contribution in [3.05, 3.63) is 0 Å². The van der Waals surface area contributed by atoms with Crippen LogP contribution in [0.3, 0.4) is 0 Å². The fourth-order valence-corrected chi connectivity index (χ4v) is 0. The molecule has 0 aromatic rings. The van der Waals surface area contributed by atoms with Crippen LogP contribution < -0.4 is 0 Å². The van der Waals surface area contributed by atoms with Crippen molar-refractivity contribution >= 4 is 26.3 Å². The van der Waals surface area contributed by atoms with E-state index < -0.39 is 6.90 Å². The number of hydrogen-bond acceptors (Lipinski definition) is 0. The van der Waals surface area contributed by atoms with Gasteiger partial charge >= 0.3 is 0 Å². The van der Waals surface area contributed by atoms with Gasteiger partial charge in [0.15, 0.2) is 0 Å². The quantitative estimate of drug-likeness (QED) is 0.399. The molecule has 43 valence electrons. The predicted octanol–water partition coefficient (Wildman–Crippen LogP) is 2.26. The SMILES string of the molecule is C[Si](C)[Si](C)(C)Cl. The molecular weight excluding hydrogens is 140 g/mol. The van der Waals surface area contributed by atoms with Gasteiger partial charge in [-0.15, -0.1) is 0 Å². The molecule has 0 bridgehead atoms. The molecule has 0 aliphatic rings. The van der Waals surface area contributed by atoms with Gasteiger partial charge in [-0.2, -0.15) is 11.1 Å². The van der Waals surface area contributed by atoms with Gasteiger partial charge in [0.1, 0.15) is 6.90 Å². The molecule has 0 aromatic carbocycles. The van der Waals surface area contributed by atoms with E-state index >= 15 is 0 Å². The van der Waals surface area contributed by atoms with Crippen LogP contribution in [0, 0.1) is 0 Å². The Morgan fingerprint density at radius 2 is 1.43 bits per heavy atom. The van der Waals surface area contributed by atoms with Gasteiger partial charge in [0.05, 0.1) is 8.31 Å². The summed E-state index contributed by atoms with van der Waals surface area (Å²) in [6.07, 6.45) is 0. The monoisotopic (exact) mass is 151 g/mol. The number of halogens is 1. The Morgan fingerprint density at radius 1 is 1.29 bits per heavy atom. The van der Waals surface area contributed by atoms with E-state index in [1.807, 2.05) is 0 Å². The Balaban J connectivity index is 3.54. The minimum absolute atomic E-state index is 0.146. The molecule has 0 N–H and O–H groups in total. The van der Waals surface area contributed by atoms with Crippen LogP contribution in [0.1, 0.15) is 0 Å². The maximum Gasteiger partial charge on any atom is 0.138 e. The molecule has 0 aromatic heterocycles. The highest BCUT2D eigenvalue weighted by molar-refractivity contribution is 7.52. The molecule has 0 aliphatic heterocycles. The Hall–Kier alpha value is 0.724. The van der Waals surface area contributed by atoms with Crippen molar-refractivity contribution in [2.75, 3.05) is 0 Å². The zero-order valence-corrected chi connectivity index (χ0v) is 8.13. The molecule has 0 atom stereocenters. The zero-order valence-electron chi connectivity index (χ0n) is 5.38. The van der Waals surface area contributed by atoms with Crippen molar-refractivity contribution in [3.63, 3.8) is 0 Å². The fraction of sp³-hybridized carbons (Fsp3) is 1.00. The lowest BCUT2D eigenvalue weighted by molar-refractivity contribution is 1.95. The van der Waals surface area contributed by atoms with E-state index in [1.165, 1.54) is 0 Å². The van der Waals surface area contributed by atoms with Crippen LogP contribution in [0.4, 0.5) is 0 Å². The Morgan fingerprint density at radius 3 is 1.43 bits per heavy atom. The third kappa shape index (κ3) is 3.32. The average Bonchev–Trinajstić information content (AvgIpc) is 1.31. The maximum atomic E-state index is 6.05. The molecule has 1 radical (unpaired) electrons. The van der Waals surface area contributed by atoms with Crippen molar-refractivity contribution in [3.8, 4) is 0 Å². The highest BCUT2D eigenvalue weighted by atomic mass is 35.6. The minimum atomic E-state index is -1.16. The van der Waals surface area contributed by atoms with Crippen LogP contribution in [0.25, 0.3) is 0 Å². The van der Waals surface area contributed by atoms with Gasteiger partial charge in [-0.25, -0.2) is 0 Å². The topological polar surface area (TPSA) is 0 Å². The lowest BCUT2D eigenvalue weighted by Crippen LogP contribution is -2.34. The van der Waals surface area contributed by atoms with Crippen LogP contribution in [0.2, 0.25) is 26.2 Å². The Kier molecular flexibility index (Phi) is 2.57. The standard InChI is InChI=1S/C4H12ClSi2/c1-6(2)7(3,4)5/h1-4H3. The summed E-state index contributed by atoms with van der Waals surface area (Å²) in [7, 11) is -0.146. The van der Waals surface area contributed by atoms with Crippen molar-refractivity contribution in [1.29, 1.82) is 0 Å². The Labute approximate surface area is 53.0 Å². The van der Waals surface area contributed by atoms with Gasteiger partial charge in [0.2, 0.25) is 0 Å². The molecule has 0 saturated heterocycles. The van der Waals surface area contributed by atoms with Crippen molar-refractivity contribution in [1.82, 2.24) is 0 Å². The van der Waals surface area contributed by atoms with Gasteiger partial charge < -0.3 is 0 Å². The lowest BCUT2D eigenvalue weighted by atomic mass is 11.9. The molecule has 0 amide bonds. The van der Waals surface area contributed by atoms with Gasteiger partial charge in [0.25, 0.3) is 0 Å². The normalized spacial score (nSPS) is 12.9. The second-order valence-electron chi connectivity index (χ2n) is 2.47. The smallest absolute Gasteiger partial charge is 0.138 e. The molecule has 7 heavy (non-hydrogen) atoms. The first kappa shape index (κ1) is 7.72. The summed E-state index contributed by atoms with van der Waals surface area (Å²) in [6, 6.07) is 0. The molecule has 0 saturated carbocycles. The number of hydrogen-bond donors (Lipinski definition) is 0. The van der Waals surface area contributed by atoms with E-state index in [1.54, 1.807) is 0 Å². The van der Waals surface area contributed by atoms with Crippen LogP contribution in [0.15, 0.2) is 0 Å². The third-order valence-electron chi connectivity index (χ3n) is 1.19. The molecule has 0 aliphatic carbocycles. The summed E-state index contributed by atoms with van der Waals surface area (Å²) >= 11 is 6.05. The summed E-state index contributed by atoms with van der Waals surface area (Å²) in [5.41, 5.74) is 0. The largest absolute Gasteiger partial charge is 0.171 e. The van der Waals surface area contributed by atoms with E-state index in [0.29, 0.717) is 0 Å². The number of rotatable bonds is 1. The zero-order chi connectivity index (χ0) is 6.08. The van der Waals surface area contributed by atoms with E-state index in [0.717, 1.165) is 0 Å². The van der Waals surface area contributed by atoms with Crippen LogP contribution in [-0.2, 0) is 0 Å². The highest BCUT2D eigenvalue weighted by Gasteiger charge is 2.22. The van der Waals surface area contributed by atoms with Crippen molar-refractivity contribution < 1.29 is 0 Å². The molecule has 0 unspecified atom stereocenters. The van der Waals surface area contributed by atoms with Crippen LogP contribution in [-0.4, -0.2) is 15.2 Å². The second-order valence-corrected chi connectivity index (χ2v) is 18.0. The third-order valence-corrected chi connectivity index (χ3v) is 14.1. The van der Waals surface area contributed by atoms with E-state index in [-0.39, 0.29) is 8.31 Å². The first-order valence-corrected chi connectivity index (χ1v) is 9.95. The maximum absolute atomic E-state index is 6.05. The summed E-state index contributed by atoms with van der Waals surface area (Å²) in [5, 5.41) is 0. The molecular formula is C4H12ClSi2. The van der Waals surface area contributed by atoms with E-state index in [9.17, 15) is 0 Å². The van der Waals surface area contributed by atoms with Gasteiger partial charge in [0, 0.05) is 0 Å².